The molecule has 0 saturated heterocycles. The van der Waals surface area contributed by atoms with Crippen LogP contribution in [0.25, 0.3) is 0 Å². The van der Waals surface area contributed by atoms with E-state index in [9.17, 15) is 9.59 Å². The summed E-state index contributed by atoms with van der Waals surface area (Å²) in [5.41, 5.74) is 2.37. The van der Waals surface area contributed by atoms with Crippen molar-refractivity contribution < 1.29 is 40.5 Å². The second-order valence-electron chi connectivity index (χ2n) is 12.3. The van der Waals surface area contributed by atoms with Crippen LogP contribution < -0.4 is 17.0 Å². The van der Waals surface area contributed by atoms with Gasteiger partial charge in [-0.25, -0.2) is 9.59 Å². The van der Waals surface area contributed by atoms with Gasteiger partial charge in [-0.1, -0.05) is 62.7 Å². The highest BCUT2D eigenvalue weighted by molar-refractivity contribution is 5.89. The van der Waals surface area contributed by atoms with Gasteiger partial charge < -0.3 is 30.9 Å². The molecule has 0 aliphatic heterocycles. The summed E-state index contributed by atoms with van der Waals surface area (Å²) in [6, 6.07) is 18.0. The van der Waals surface area contributed by atoms with Gasteiger partial charge in [0, 0.05) is 11.5 Å². The minimum absolute atomic E-state index is 0. The number of likely N-dealkylation sites (N-methyl/N-ethyl adjacent to an activating group) is 1. The molecule has 1 fully saturated rings. The molecule has 4 atom stereocenters. The Hall–Kier alpha value is -2.18. The summed E-state index contributed by atoms with van der Waals surface area (Å²) in [5.74, 6) is 0.779. The van der Waals surface area contributed by atoms with Gasteiger partial charge >= 0.3 is 11.9 Å². The molecule has 1 aliphatic rings. The van der Waals surface area contributed by atoms with Crippen LogP contribution in [-0.4, -0.2) is 48.8 Å². The van der Waals surface area contributed by atoms with Crippen molar-refractivity contribution in [2.45, 2.75) is 78.0 Å². The first-order valence-corrected chi connectivity index (χ1v) is 13.2. The van der Waals surface area contributed by atoms with Crippen molar-refractivity contribution in [1.82, 2.24) is 0 Å². The van der Waals surface area contributed by atoms with Crippen LogP contribution in [-0.2, 0) is 20.8 Å². The summed E-state index contributed by atoms with van der Waals surface area (Å²) in [6.07, 6.45) is 3.13. The fourth-order valence-corrected chi connectivity index (χ4v) is 5.25. The van der Waals surface area contributed by atoms with Crippen LogP contribution >= 0.6 is 0 Å². The Labute approximate surface area is 233 Å². The average molecular weight is 575 g/mol. The van der Waals surface area contributed by atoms with Crippen molar-refractivity contribution >= 4 is 11.9 Å². The zero-order chi connectivity index (χ0) is 26.5. The van der Waals surface area contributed by atoms with Crippen LogP contribution in [0.5, 0.6) is 0 Å². The molecule has 6 heteroatoms. The predicted octanol–water partition coefficient (Wildman–Crippen LogP) is 3.37. The molecule has 37 heavy (non-hydrogen) atoms. The predicted molar refractivity (Wildman–Crippen MR) is 144 cm³/mol. The first-order chi connectivity index (χ1) is 16.8. The van der Waals surface area contributed by atoms with E-state index in [1.54, 1.807) is 12.1 Å². The number of carbonyl (C=O) groups excluding carboxylic acids is 2. The van der Waals surface area contributed by atoms with Gasteiger partial charge in [0.1, 0.15) is 18.2 Å². The highest BCUT2D eigenvalue weighted by atomic mass is 79.9. The molecule has 0 radical (unpaired) electrons. The topological polar surface area (TPSA) is 52.6 Å². The number of rotatable bonds is 8. The highest BCUT2D eigenvalue weighted by Crippen LogP contribution is 2.39. The first kappa shape index (κ1) is 31.0. The summed E-state index contributed by atoms with van der Waals surface area (Å²) in [7, 11) is 4.08. The fraction of sp³-hybridized carbons (Fsp3) is 0.548. The number of carbonyl (C=O) groups is 2. The zero-order valence-electron chi connectivity index (χ0n) is 23.5. The van der Waals surface area contributed by atoms with Crippen LogP contribution in [0.3, 0.4) is 0 Å². The maximum absolute atomic E-state index is 13.1. The first-order valence-electron chi connectivity index (χ1n) is 13.2. The lowest BCUT2D eigenvalue weighted by molar-refractivity contribution is -0.896. The van der Waals surface area contributed by atoms with Crippen LogP contribution in [0.1, 0.15) is 81.3 Å². The van der Waals surface area contributed by atoms with Crippen molar-refractivity contribution in [3.8, 4) is 0 Å². The number of ether oxygens (including phenoxy) is 2. The molecule has 0 amide bonds. The summed E-state index contributed by atoms with van der Waals surface area (Å²) >= 11 is 0. The molecule has 0 heterocycles. The number of hydrogen-bond acceptors (Lipinski definition) is 4. The molecular weight excluding hydrogens is 530 g/mol. The lowest BCUT2D eigenvalue weighted by atomic mass is 9.73. The van der Waals surface area contributed by atoms with E-state index in [0.717, 1.165) is 18.4 Å². The normalized spacial score (nSPS) is 20.9. The van der Waals surface area contributed by atoms with E-state index in [-0.39, 0.29) is 35.0 Å². The lowest BCUT2D eigenvalue weighted by Crippen LogP contribution is -3.00. The molecule has 0 N–H and O–H groups in total. The number of esters is 2. The third-order valence-corrected chi connectivity index (χ3v) is 7.11. The third kappa shape index (κ3) is 9.57. The molecule has 0 aromatic heterocycles. The Kier molecular flexibility index (Phi) is 11.0. The average Bonchev–Trinajstić information content (AvgIpc) is 2.78. The summed E-state index contributed by atoms with van der Waals surface area (Å²) < 4.78 is 12.1. The van der Waals surface area contributed by atoms with Crippen molar-refractivity contribution in [1.29, 1.82) is 0 Å². The number of nitrogens with zero attached hydrogens (tertiary/aromatic N) is 1. The largest absolute Gasteiger partial charge is 1.00 e. The maximum atomic E-state index is 13.1. The van der Waals surface area contributed by atoms with E-state index in [2.05, 4.69) is 38.1 Å². The van der Waals surface area contributed by atoms with Crippen molar-refractivity contribution in [2.24, 2.45) is 11.8 Å². The molecule has 2 aromatic carbocycles. The van der Waals surface area contributed by atoms with Crippen molar-refractivity contribution in [3.63, 3.8) is 0 Å². The van der Waals surface area contributed by atoms with Gasteiger partial charge in [0.25, 0.3) is 0 Å². The van der Waals surface area contributed by atoms with Gasteiger partial charge in [-0.3, -0.25) is 0 Å². The fourth-order valence-electron chi connectivity index (χ4n) is 5.25. The van der Waals surface area contributed by atoms with E-state index in [4.69, 9.17) is 9.47 Å². The van der Waals surface area contributed by atoms with E-state index in [1.807, 2.05) is 53.1 Å². The minimum atomic E-state index is -0.525. The van der Waals surface area contributed by atoms with Crippen LogP contribution in [0, 0.1) is 11.8 Å². The standard InChI is InChI=1S/C31H44NO4.BrH/c1-22-13-18-27(23(2)25-11-9-8-10-12-25)28(19-22)35-29(33)21-32(6,7)20-24-14-16-26(17-15-24)30(34)36-31(3,4)5;/h8-12,14-17,22-23,27-28H,13,18-21H2,1-7H3;1H/q+1;/p-1/t22-,23-,27+,28-;/m1./s1. The Morgan fingerprint density at radius 2 is 1.62 bits per heavy atom. The summed E-state index contributed by atoms with van der Waals surface area (Å²) in [4.78, 5) is 25.4. The highest BCUT2D eigenvalue weighted by Gasteiger charge is 2.36. The number of hydrogen-bond donors (Lipinski definition) is 0. The molecule has 1 aliphatic carbocycles. The van der Waals surface area contributed by atoms with E-state index in [1.165, 1.54) is 12.0 Å². The van der Waals surface area contributed by atoms with E-state index >= 15 is 0 Å². The second-order valence-corrected chi connectivity index (χ2v) is 12.3. The van der Waals surface area contributed by atoms with Crippen molar-refractivity contribution in [3.05, 3.63) is 71.3 Å². The van der Waals surface area contributed by atoms with E-state index in [0.29, 0.717) is 40.9 Å². The van der Waals surface area contributed by atoms with Gasteiger partial charge in [-0.2, -0.15) is 0 Å². The smallest absolute Gasteiger partial charge is 0.362 e. The number of quaternary nitrogens is 1. The van der Waals surface area contributed by atoms with Gasteiger partial charge in [-0.15, -0.1) is 0 Å². The maximum Gasteiger partial charge on any atom is 0.362 e. The van der Waals surface area contributed by atoms with Gasteiger partial charge in [0.2, 0.25) is 0 Å². The lowest BCUT2D eigenvalue weighted by Gasteiger charge is -2.38. The molecule has 204 valence electrons. The van der Waals surface area contributed by atoms with Crippen molar-refractivity contribution in [2.75, 3.05) is 20.6 Å². The molecule has 2 aromatic rings. The Morgan fingerprint density at radius 3 is 2.22 bits per heavy atom. The molecule has 0 unspecified atom stereocenters. The monoisotopic (exact) mass is 573 g/mol. The molecule has 0 spiro atoms. The SMILES string of the molecule is C[C@@H]1CC[C@@H]([C@H](C)c2ccccc2)[C@H](OC(=O)C[N+](C)(C)Cc2ccc(C(=O)OC(C)(C)C)cc2)C1.[Br-]. The molecular formula is C31H44BrNO4. The van der Waals surface area contributed by atoms with Gasteiger partial charge in [0.15, 0.2) is 6.54 Å². The van der Waals surface area contributed by atoms with Gasteiger partial charge in [-0.05, 0) is 63.1 Å². The van der Waals surface area contributed by atoms with Crippen LogP contribution in [0.15, 0.2) is 54.6 Å². The van der Waals surface area contributed by atoms with Crippen LogP contribution in [0.2, 0.25) is 0 Å². The van der Waals surface area contributed by atoms with Crippen LogP contribution in [0.4, 0.5) is 0 Å². The quantitative estimate of drug-likeness (QED) is 0.359. The molecule has 3 rings (SSSR count). The van der Waals surface area contributed by atoms with Gasteiger partial charge in [0.05, 0.1) is 19.7 Å². The Balaban J connectivity index is 0.00000481. The summed E-state index contributed by atoms with van der Waals surface area (Å²) in [5, 5.41) is 0. The Morgan fingerprint density at radius 1 is 1.00 bits per heavy atom. The molecule has 0 bridgehead atoms. The summed E-state index contributed by atoms with van der Waals surface area (Å²) in [6.45, 7) is 11.0. The zero-order valence-corrected chi connectivity index (χ0v) is 25.1. The third-order valence-electron chi connectivity index (χ3n) is 7.11. The molecule has 1 saturated carbocycles. The second kappa shape index (κ2) is 13.1. The Bertz CT molecular complexity index is 1010. The minimum Gasteiger partial charge on any atom is -1.00 e. The number of benzene rings is 2. The van der Waals surface area contributed by atoms with E-state index < -0.39 is 5.60 Å². The number of halogens is 1. The molecule has 5 nitrogen and oxygen atoms in total.